The first kappa shape index (κ1) is 25.8. The number of hydrogen-bond donors (Lipinski definition) is 4. The van der Waals surface area contributed by atoms with E-state index in [2.05, 4.69) is 20.6 Å². The van der Waals surface area contributed by atoms with Crippen molar-refractivity contribution < 1.29 is 4.79 Å². The van der Waals surface area contributed by atoms with E-state index in [4.69, 9.17) is 34.7 Å². The molecule has 0 atom stereocenters. The molecule has 0 radical (unpaired) electrons. The summed E-state index contributed by atoms with van der Waals surface area (Å²) >= 11 is 12.1. The van der Waals surface area contributed by atoms with E-state index in [1.54, 1.807) is 42.5 Å². The van der Waals surface area contributed by atoms with Gasteiger partial charge in [-0.2, -0.15) is 4.98 Å². The standard InChI is InChI=1S/C22H24Cl2N8O3/c1-27-18(33)15-4-2-13(3-5-15)11-31-20(29-7-6-28-19(25)26)30-21(34)32(22(31)35)12-14-8-16(23)10-17(24)9-14/h2-5,8-10H,6-7,11-12H2,1H3,(H,27,33)(H4,25,26,28)(H,29,30,34). The van der Waals surface area contributed by atoms with E-state index < -0.39 is 11.4 Å². The Labute approximate surface area is 210 Å². The maximum absolute atomic E-state index is 13.4. The van der Waals surface area contributed by atoms with Crippen molar-refractivity contribution in [1.82, 2.24) is 19.4 Å². The van der Waals surface area contributed by atoms with Gasteiger partial charge < -0.3 is 22.1 Å². The van der Waals surface area contributed by atoms with E-state index >= 15 is 0 Å². The summed E-state index contributed by atoms with van der Waals surface area (Å²) in [6.07, 6.45) is 0. The SMILES string of the molecule is CNC(=O)c1ccc(Cn2c(NCCN=C(N)N)nc(=O)n(Cc3cc(Cl)cc(Cl)c3)c2=O)cc1. The monoisotopic (exact) mass is 518 g/mol. The second-order valence-corrected chi connectivity index (χ2v) is 8.33. The maximum atomic E-state index is 13.4. The summed E-state index contributed by atoms with van der Waals surface area (Å²) in [5, 5.41) is 6.24. The molecule has 3 rings (SSSR count). The van der Waals surface area contributed by atoms with Crippen molar-refractivity contribution in [3.8, 4) is 0 Å². The second-order valence-electron chi connectivity index (χ2n) is 7.46. The minimum atomic E-state index is -0.748. The molecule has 2 aromatic carbocycles. The molecule has 1 aromatic heterocycles. The van der Waals surface area contributed by atoms with Crippen LogP contribution in [0.2, 0.25) is 10.0 Å². The fraction of sp³-hybridized carbons (Fsp3) is 0.227. The van der Waals surface area contributed by atoms with E-state index in [0.29, 0.717) is 26.7 Å². The zero-order chi connectivity index (χ0) is 25.5. The number of carbonyl (C=O) groups is 1. The molecule has 184 valence electrons. The highest BCUT2D eigenvalue weighted by Gasteiger charge is 2.15. The van der Waals surface area contributed by atoms with Crippen molar-refractivity contribution in [2.24, 2.45) is 16.5 Å². The number of hydrogen-bond acceptors (Lipinski definition) is 6. The number of aliphatic imine (C=N–C) groups is 1. The predicted molar refractivity (Wildman–Crippen MR) is 136 cm³/mol. The van der Waals surface area contributed by atoms with E-state index in [-0.39, 0.29) is 44.0 Å². The van der Waals surface area contributed by atoms with E-state index in [0.717, 1.165) is 4.57 Å². The highest BCUT2D eigenvalue weighted by molar-refractivity contribution is 6.34. The molecule has 6 N–H and O–H groups in total. The number of anilines is 1. The van der Waals surface area contributed by atoms with Gasteiger partial charge in [0.25, 0.3) is 5.91 Å². The van der Waals surface area contributed by atoms with Gasteiger partial charge in [0.2, 0.25) is 5.95 Å². The van der Waals surface area contributed by atoms with Crippen LogP contribution in [0.1, 0.15) is 21.5 Å². The predicted octanol–water partition coefficient (Wildman–Crippen LogP) is 0.853. The quantitative estimate of drug-likeness (QED) is 0.185. The number of nitrogens with two attached hydrogens (primary N) is 2. The van der Waals surface area contributed by atoms with Crippen LogP contribution in [0, 0.1) is 0 Å². The fourth-order valence-electron chi connectivity index (χ4n) is 3.27. The lowest BCUT2D eigenvalue weighted by Crippen LogP contribution is -2.43. The zero-order valence-electron chi connectivity index (χ0n) is 18.8. The molecule has 1 amide bonds. The largest absolute Gasteiger partial charge is 0.370 e. The average molecular weight is 519 g/mol. The van der Waals surface area contributed by atoms with Gasteiger partial charge in [-0.25, -0.2) is 14.2 Å². The third-order valence-corrected chi connectivity index (χ3v) is 5.32. The van der Waals surface area contributed by atoms with Crippen LogP contribution in [-0.4, -0.2) is 46.1 Å². The molecule has 13 heteroatoms. The van der Waals surface area contributed by atoms with Crippen LogP contribution < -0.4 is 33.5 Å². The number of guanidine groups is 1. The van der Waals surface area contributed by atoms with Crippen molar-refractivity contribution in [3.63, 3.8) is 0 Å². The van der Waals surface area contributed by atoms with Gasteiger partial charge in [0.05, 0.1) is 19.6 Å². The molecule has 0 bridgehead atoms. The van der Waals surface area contributed by atoms with Crippen molar-refractivity contribution in [2.45, 2.75) is 13.1 Å². The highest BCUT2D eigenvalue weighted by atomic mass is 35.5. The van der Waals surface area contributed by atoms with Gasteiger partial charge in [0.15, 0.2) is 5.96 Å². The van der Waals surface area contributed by atoms with Crippen LogP contribution in [0.25, 0.3) is 0 Å². The van der Waals surface area contributed by atoms with Crippen LogP contribution >= 0.6 is 23.2 Å². The summed E-state index contributed by atoms with van der Waals surface area (Å²) < 4.78 is 2.31. The lowest BCUT2D eigenvalue weighted by molar-refractivity contribution is 0.0963. The van der Waals surface area contributed by atoms with Gasteiger partial charge in [-0.05, 0) is 41.5 Å². The number of nitrogens with zero attached hydrogens (tertiary/aromatic N) is 4. The Kier molecular flexibility index (Phi) is 8.50. The number of nitrogens with one attached hydrogen (secondary N) is 2. The number of aromatic nitrogens is 3. The van der Waals surface area contributed by atoms with Gasteiger partial charge in [-0.1, -0.05) is 35.3 Å². The average Bonchev–Trinajstić information content (AvgIpc) is 2.81. The number of halogens is 2. The number of amides is 1. The van der Waals surface area contributed by atoms with Crippen LogP contribution in [0.5, 0.6) is 0 Å². The van der Waals surface area contributed by atoms with Gasteiger partial charge in [-0.3, -0.25) is 14.4 Å². The topological polar surface area (TPSA) is 162 Å². The van der Waals surface area contributed by atoms with E-state index in [1.807, 2.05) is 0 Å². The molecular formula is C22H24Cl2N8O3. The normalized spacial score (nSPS) is 10.6. The fourth-order valence-corrected chi connectivity index (χ4v) is 3.84. The van der Waals surface area contributed by atoms with Crippen molar-refractivity contribution >= 4 is 41.0 Å². The minimum absolute atomic E-state index is 0.0570. The Hall–Kier alpha value is -3.83. The molecule has 0 spiro atoms. The lowest BCUT2D eigenvalue weighted by atomic mass is 10.1. The number of carbonyl (C=O) groups excluding carboxylic acids is 1. The molecule has 0 saturated carbocycles. The molecule has 35 heavy (non-hydrogen) atoms. The van der Waals surface area contributed by atoms with Gasteiger partial charge >= 0.3 is 11.4 Å². The van der Waals surface area contributed by atoms with Gasteiger partial charge in [0.1, 0.15) is 0 Å². The second kappa shape index (κ2) is 11.5. The van der Waals surface area contributed by atoms with E-state index in [1.165, 1.54) is 11.6 Å². The molecule has 0 saturated heterocycles. The third-order valence-electron chi connectivity index (χ3n) is 4.89. The van der Waals surface area contributed by atoms with Crippen molar-refractivity contribution in [3.05, 3.63) is 90.2 Å². The molecule has 0 aliphatic rings. The molecule has 3 aromatic rings. The first-order valence-corrected chi connectivity index (χ1v) is 11.2. The summed E-state index contributed by atoms with van der Waals surface area (Å²) in [7, 11) is 1.54. The van der Waals surface area contributed by atoms with Crippen LogP contribution in [0.15, 0.2) is 57.0 Å². The van der Waals surface area contributed by atoms with Crippen LogP contribution in [0.3, 0.4) is 0 Å². The summed E-state index contributed by atoms with van der Waals surface area (Å²) in [5.41, 5.74) is 11.1. The van der Waals surface area contributed by atoms with Gasteiger partial charge in [-0.15, -0.1) is 0 Å². The first-order valence-electron chi connectivity index (χ1n) is 10.4. The number of rotatable bonds is 9. The Balaban J connectivity index is 2.00. The Morgan fingerprint density at radius 3 is 2.23 bits per heavy atom. The van der Waals surface area contributed by atoms with Crippen LogP contribution in [-0.2, 0) is 13.1 Å². The molecular weight excluding hydrogens is 495 g/mol. The lowest BCUT2D eigenvalue weighted by Gasteiger charge is -2.16. The van der Waals surface area contributed by atoms with Gasteiger partial charge in [0, 0.05) is 29.2 Å². The molecule has 0 aliphatic carbocycles. The smallest absolute Gasteiger partial charge is 0.355 e. The van der Waals surface area contributed by atoms with Crippen molar-refractivity contribution in [2.75, 3.05) is 25.5 Å². The molecule has 0 fully saturated rings. The Morgan fingerprint density at radius 1 is 1.00 bits per heavy atom. The number of benzene rings is 2. The molecule has 11 nitrogen and oxygen atoms in total. The summed E-state index contributed by atoms with van der Waals surface area (Å²) in [6.45, 7) is 0.451. The highest BCUT2D eigenvalue weighted by Crippen LogP contribution is 2.19. The Bertz CT molecular complexity index is 1340. The molecule has 0 unspecified atom stereocenters. The molecule has 0 aliphatic heterocycles. The molecule has 1 heterocycles. The first-order chi connectivity index (χ1) is 16.7. The minimum Gasteiger partial charge on any atom is -0.370 e. The van der Waals surface area contributed by atoms with Crippen molar-refractivity contribution in [1.29, 1.82) is 0 Å². The maximum Gasteiger partial charge on any atom is 0.355 e. The Morgan fingerprint density at radius 2 is 1.63 bits per heavy atom. The third kappa shape index (κ3) is 6.84. The van der Waals surface area contributed by atoms with Crippen LogP contribution in [0.4, 0.5) is 5.95 Å². The van der Waals surface area contributed by atoms with E-state index in [9.17, 15) is 14.4 Å². The zero-order valence-corrected chi connectivity index (χ0v) is 20.3. The summed E-state index contributed by atoms with van der Waals surface area (Å²) in [5.74, 6) is -0.253. The summed E-state index contributed by atoms with van der Waals surface area (Å²) in [6, 6.07) is 11.5. The summed E-state index contributed by atoms with van der Waals surface area (Å²) in [4.78, 5) is 45.9.